The lowest BCUT2D eigenvalue weighted by Crippen LogP contribution is -2.33. The number of benzene rings is 1. The summed E-state index contributed by atoms with van der Waals surface area (Å²) >= 11 is 0. The molecule has 4 heteroatoms. The number of nitrogens with one attached hydrogen (secondary N) is 1. The van der Waals surface area contributed by atoms with Crippen LogP contribution in [-0.2, 0) is 11.3 Å². The fourth-order valence-corrected chi connectivity index (χ4v) is 2.29. The lowest BCUT2D eigenvalue weighted by atomic mass is 10.0. The summed E-state index contributed by atoms with van der Waals surface area (Å²) in [7, 11) is 1.67. The molecule has 0 saturated carbocycles. The molecule has 1 heterocycles. The van der Waals surface area contributed by atoms with Crippen molar-refractivity contribution >= 4 is 5.69 Å². The molecule has 1 aromatic carbocycles. The molecule has 0 aliphatic carbocycles. The van der Waals surface area contributed by atoms with E-state index in [-0.39, 0.29) is 0 Å². The lowest BCUT2D eigenvalue weighted by Gasteiger charge is -2.20. The summed E-state index contributed by atoms with van der Waals surface area (Å²) in [6.07, 6.45) is 1.15. The third-order valence-corrected chi connectivity index (χ3v) is 3.60. The van der Waals surface area contributed by atoms with Crippen molar-refractivity contribution < 1.29 is 9.47 Å². The van der Waals surface area contributed by atoms with E-state index in [9.17, 15) is 0 Å². The lowest BCUT2D eigenvalue weighted by molar-refractivity contribution is 0.178. The van der Waals surface area contributed by atoms with E-state index in [0.29, 0.717) is 12.0 Å². The molecule has 4 nitrogen and oxygen atoms in total. The van der Waals surface area contributed by atoms with Crippen LogP contribution in [0, 0.1) is 5.92 Å². The second-order valence-corrected chi connectivity index (χ2v) is 4.86. The minimum Gasteiger partial charge on any atom is -0.496 e. The van der Waals surface area contributed by atoms with E-state index in [1.807, 2.05) is 18.2 Å². The first-order chi connectivity index (χ1) is 8.70. The van der Waals surface area contributed by atoms with Crippen molar-refractivity contribution in [1.82, 2.24) is 5.32 Å². The molecule has 2 atom stereocenters. The van der Waals surface area contributed by atoms with E-state index in [0.717, 1.165) is 43.2 Å². The number of hydrogen-bond donors (Lipinski definition) is 2. The Labute approximate surface area is 108 Å². The molecule has 2 unspecified atom stereocenters. The molecule has 18 heavy (non-hydrogen) atoms. The van der Waals surface area contributed by atoms with Crippen molar-refractivity contribution in [2.75, 3.05) is 26.1 Å². The van der Waals surface area contributed by atoms with Crippen molar-refractivity contribution in [3.63, 3.8) is 0 Å². The van der Waals surface area contributed by atoms with Gasteiger partial charge in [-0.1, -0.05) is 6.07 Å². The first kappa shape index (κ1) is 13.2. The van der Waals surface area contributed by atoms with Crippen molar-refractivity contribution in [2.24, 2.45) is 5.92 Å². The van der Waals surface area contributed by atoms with Gasteiger partial charge < -0.3 is 20.5 Å². The molecule has 1 aromatic rings. The topological polar surface area (TPSA) is 56.5 Å². The first-order valence-electron chi connectivity index (χ1n) is 6.44. The van der Waals surface area contributed by atoms with E-state index in [1.165, 1.54) is 0 Å². The Balaban J connectivity index is 1.92. The summed E-state index contributed by atoms with van der Waals surface area (Å²) in [5.74, 6) is 1.46. The van der Waals surface area contributed by atoms with E-state index >= 15 is 0 Å². The molecule has 3 N–H and O–H groups in total. The second kappa shape index (κ2) is 6.07. The van der Waals surface area contributed by atoms with Crippen LogP contribution in [0.1, 0.15) is 18.9 Å². The maximum Gasteiger partial charge on any atom is 0.125 e. The summed E-state index contributed by atoms with van der Waals surface area (Å²) in [5.41, 5.74) is 7.61. The summed E-state index contributed by atoms with van der Waals surface area (Å²) in [5, 5.41) is 3.53. The first-order valence-corrected chi connectivity index (χ1v) is 6.44. The number of ether oxygens (including phenoxy) is 2. The summed E-state index contributed by atoms with van der Waals surface area (Å²) in [6, 6.07) is 6.23. The number of methoxy groups -OCH3 is 1. The van der Waals surface area contributed by atoms with Gasteiger partial charge >= 0.3 is 0 Å². The highest BCUT2D eigenvalue weighted by atomic mass is 16.5. The van der Waals surface area contributed by atoms with Crippen molar-refractivity contribution in [3.05, 3.63) is 23.8 Å². The molecular formula is C14H22N2O2. The standard InChI is InChI=1S/C14H22N2O2/c1-10(12-5-6-18-9-12)16-8-11-3-4-13(15)7-14(11)17-2/h3-4,7,10,12,16H,5-6,8-9,15H2,1-2H3. The Kier molecular flexibility index (Phi) is 4.44. The van der Waals surface area contributed by atoms with Gasteiger partial charge in [-0.2, -0.15) is 0 Å². The van der Waals surface area contributed by atoms with Crippen LogP contribution in [0.4, 0.5) is 5.69 Å². The van der Waals surface area contributed by atoms with Gasteiger partial charge in [0, 0.05) is 36.5 Å². The average Bonchev–Trinajstić information content (AvgIpc) is 2.90. The molecular weight excluding hydrogens is 228 g/mol. The predicted octanol–water partition coefficient (Wildman–Crippen LogP) is 1.79. The third-order valence-electron chi connectivity index (χ3n) is 3.60. The van der Waals surface area contributed by atoms with Crippen LogP contribution in [0.5, 0.6) is 5.75 Å². The summed E-state index contributed by atoms with van der Waals surface area (Å²) in [6.45, 7) is 4.76. The Morgan fingerprint density at radius 1 is 1.56 bits per heavy atom. The highest BCUT2D eigenvalue weighted by Crippen LogP contribution is 2.22. The molecule has 1 saturated heterocycles. The van der Waals surface area contributed by atoms with Gasteiger partial charge in [0.25, 0.3) is 0 Å². The van der Waals surface area contributed by atoms with E-state index in [4.69, 9.17) is 15.2 Å². The molecule has 1 aliphatic rings. The minimum atomic E-state index is 0.453. The van der Waals surface area contributed by atoms with Crippen LogP contribution in [0.3, 0.4) is 0 Å². The molecule has 0 spiro atoms. The van der Waals surface area contributed by atoms with Crippen molar-refractivity contribution in [3.8, 4) is 5.75 Å². The molecule has 0 aromatic heterocycles. The zero-order chi connectivity index (χ0) is 13.0. The SMILES string of the molecule is COc1cc(N)ccc1CNC(C)C1CCOC1. The Morgan fingerprint density at radius 3 is 3.06 bits per heavy atom. The van der Waals surface area contributed by atoms with Gasteiger partial charge in [0.1, 0.15) is 5.75 Å². The van der Waals surface area contributed by atoms with Gasteiger partial charge in [0.15, 0.2) is 0 Å². The van der Waals surface area contributed by atoms with Gasteiger partial charge in [-0.05, 0) is 25.3 Å². The zero-order valence-corrected chi connectivity index (χ0v) is 11.1. The van der Waals surface area contributed by atoms with Crippen LogP contribution < -0.4 is 15.8 Å². The fraction of sp³-hybridized carbons (Fsp3) is 0.571. The smallest absolute Gasteiger partial charge is 0.125 e. The van der Waals surface area contributed by atoms with Gasteiger partial charge in [0.2, 0.25) is 0 Å². The minimum absolute atomic E-state index is 0.453. The molecule has 0 bridgehead atoms. The Morgan fingerprint density at radius 2 is 2.39 bits per heavy atom. The van der Waals surface area contributed by atoms with Crippen molar-refractivity contribution in [1.29, 1.82) is 0 Å². The predicted molar refractivity (Wildman–Crippen MR) is 72.6 cm³/mol. The molecule has 0 amide bonds. The molecule has 0 radical (unpaired) electrons. The zero-order valence-electron chi connectivity index (χ0n) is 11.1. The summed E-state index contributed by atoms with van der Waals surface area (Å²) in [4.78, 5) is 0. The maximum absolute atomic E-state index is 5.74. The number of hydrogen-bond acceptors (Lipinski definition) is 4. The number of anilines is 1. The molecule has 100 valence electrons. The van der Waals surface area contributed by atoms with Crippen molar-refractivity contribution in [2.45, 2.75) is 25.9 Å². The van der Waals surface area contributed by atoms with Crippen LogP contribution >= 0.6 is 0 Å². The van der Waals surface area contributed by atoms with Crippen LogP contribution in [-0.4, -0.2) is 26.4 Å². The van der Waals surface area contributed by atoms with Crippen LogP contribution in [0.25, 0.3) is 0 Å². The van der Waals surface area contributed by atoms with Gasteiger partial charge in [-0.25, -0.2) is 0 Å². The Bertz CT molecular complexity index is 389. The maximum atomic E-state index is 5.74. The van der Waals surface area contributed by atoms with E-state index in [2.05, 4.69) is 12.2 Å². The normalized spacial score (nSPS) is 20.9. The highest BCUT2D eigenvalue weighted by molar-refractivity contribution is 5.48. The Hall–Kier alpha value is -1.26. The quantitative estimate of drug-likeness (QED) is 0.782. The van der Waals surface area contributed by atoms with Crippen LogP contribution in [0.2, 0.25) is 0 Å². The molecule has 1 fully saturated rings. The highest BCUT2D eigenvalue weighted by Gasteiger charge is 2.21. The van der Waals surface area contributed by atoms with Gasteiger partial charge in [-0.15, -0.1) is 0 Å². The number of nitrogens with two attached hydrogens (primary N) is 1. The third kappa shape index (κ3) is 3.15. The molecule has 2 rings (SSSR count). The van der Waals surface area contributed by atoms with Gasteiger partial charge in [-0.3, -0.25) is 0 Å². The monoisotopic (exact) mass is 250 g/mol. The summed E-state index contributed by atoms with van der Waals surface area (Å²) < 4.78 is 10.7. The fourth-order valence-electron chi connectivity index (χ4n) is 2.29. The second-order valence-electron chi connectivity index (χ2n) is 4.86. The largest absolute Gasteiger partial charge is 0.496 e. The average molecular weight is 250 g/mol. The molecule has 1 aliphatic heterocycles. The van der Waals surface area contributed by atoms with E-state index < -0.39 is 0 Å². The number of nitrogen functional groups attached to an aromatic ring is 1. The van der Waals surface area contributed by atoms with Crippen LogP contribution in [0.15, 0.2) is 18.2 Å². The van der Waals surface area contributed by atoms with Gasteiger partial charge in [0.05, 0.1) is 13.7 Å². The van der Waals surface area contributed by atoms with E-state index in [1.54, 1.807) is 7.11 Å². The number of rotatable bonds is 5.